The maximum atomic E-state index is 12.7. The molecule has 0 atom stereocenters. The summed E-state index contributed by atoms with van der Waals surface area (Å²) in [6.07, 6.45) is 2.69. The molecule has 11 heteroatoms. The number of thiazole rings is 1. The number of benzene rings is 2. The van der Waals surface area contributed by atoms with E-state index in [9.17, 15) is 14.9 Å². The first kappa shape index (κ1) is 21.7. The SMILES string of the molecule is COc1ccc(OC)c(CCc2nc3s/c(=C\c4ccc(Cl)c([N+](=O)[O-])c4)c(=O)n3n2)c1. The van der Waals surface area contributed by atoms with Crippen molar-refractivity contribution in [3.8, 4) is 11.5 Å². The summed E-state index contributed by atoms with van der Waals surface area (Å²) in [5.74, 6) is 2.00. The van der Waals surface area contributed by atoms with E-state index in [0.29, 0.717) is 33.7 Å². The minimum atomic E-state index is -0.565. The minimum Gasteiger partial charge on any atom is -0.497 e. The van der Waals surface area contributed by atoms with Crippen LogP contribution in [0, 0.1) is 10.1 Å². The molecule has 0 N–H and O–H groups in total. The van der Waals surface area contributed by atoms with E-state index in [2.05, 4.69) is 10.1 Å². The molecule has 0 saturated heterocycles. The first-order valence-electron chi connectivity index (χ1n) is 9.44. The molecule has 0 amide bonds. The molecule has 0 bridgehead atoms. The fraction of sp³-hybridized carbons (Fsp3) is 0.190. The number of aryl methyl sites for hydroxylation is 2. The molecule has 0 unspecified atom stereocenters. The molecule has 2 heterocycles. The number of nitrogens with zero attached hydrogens (tertiary/aromatic N) is 4. The topological polar surface area (TPSA) is 109 Å². The second-order valence-corrected chi connectivity index (χ2v) is 8.20. The lowest BCUT2D eigenvalue weighted by molar-refractivity contribution is -0.384. The van der Waals surface area contributed by atoms with Crippen LogP contribution in [-0.2, 0) is 12.8 Å². The maximum Gasteiger partial charge on any atom is 0.291 e. The van der Waals surface area contributed by atoms with Gasteiger partial charge in [-0.3, -0.25) is 14.9 Å². The van der Waals surface area contributed by atoms with Crippen molar-refractivity contribution in [3.63, 3.8) is 0 Å². The lowest BCUT2D eigenvalue weighted by Gasteiger charge is -2.09. The maximum absolute atomic E-state index is 12.7. The summed E-state index contributed by atoms with van der Waals surface area (Å²) in [5.41, 5.74) is 0.890. The molecule has 0 aliphatic rings. The molecule has 0 spiro atoms. The zero-order valence-corrected chi connectivity index (χ0v) is 18.6. The number of nitro groups is 1. The van der Waals surface area contributed by atoms with Gasteiger partial charge in [-0.25, -0.2) is 4.98 Å². The van der Waals surface area contributed by atoms with Gasteiger partial charge >= 0.3 is 0 Å². The number of fused-ring (bicyclic) bond motifs is 1. The molecule has 0 saturated carbocycles. The third-order valence-electron chi connectivity index (χ3n) is 4.80. The molecule has 9 nitrogen and oxygen atoms in total. The van der Waals surface area contributed by atoms with Gasteiger partial charge in [-0.15, -0.1) is 5.10 Å². The largest absolute Gasteiger partial charge is 0.497 e. The van der Waals surface area contributed by atoms with Crippen molar-refractivity contribution in [1.82, 2.24) is 14.6 Å². The number of halogens is 1. The minimum absolute atomic E-state index is 0.0365. The van der Waals surface area contributed by atoms with Crippen LogP contribution in [0.4, 0.5) is 5.69 Å². The summed E-state index contributed by atoms with van der Waals surface area (Å²) >= 11 is 7.01. The first-order valence-corrected chi connectivity index (χ1v) is 10.6. The van der Waals surface area contributed by atoms with Crippen molar-refractivity contribution in [2.24, 2.45) is 0 Å². The summed E-state index contributed by atoms with van der Waals surface area (Å²) in [6, 6.07) is 9.92. The standard InChI is InChI=1S/C21H17ClN4O5S/c1-30-14-5-7-17(31-2)13(11-14)4-8-19-23-21-25(24-19)20(27)18(32-21)10-12-3-6-15(22)16(9-12)26(28)29/h3,5-7,9-11H,4,8H2,1-2H3/b18-10-. The zero-order chi connectivity index (χ0) is 22.8. The summed E-state index contributed by atoms with van der Waals surface area (Å²) in [5, 5.41) is 15.4. The van der Waals surface area contributed by atoms with Crippen LogP contribution in [0.1, 0.15) is 17.0 Å². The highest BCUT2D eigenvalue weighted by Crippen LogP contribution is 2.26. The number of ether oxygens (including phenoxy) is 2. The Balaban J connectivity index is 1.60. The van der Waals surface area contributed by atoms with Gasteiger partial charge in [0, 0.05) is 12.5 Å². The van der Waals surface area contributed by atoms with Crippen molar-refractivity contribution < 1.29 is 14.4 Å². The van der Waals surface area contributed by atoms with Gasteiger partial charge in [0.15, 0.2) is 5.82 Å². The van der Waals surface area contributed by atoms with E-state index in [1.807, 2.05) is 18.2 Å². The molecule has 0 aliphatic carbocycles. The molecule has 32 heavy (non-hydrogen) atoms. The summed E-state index contributed by atoms with van der Waals surface area (Å²) in [4.78, 5) is 28.2. The second-order valence-electron chi connectivity index (χ2n) is 6.78. The van der Waals surface area contributed by atoms with Crippen LogP contribution in [0.15, 0.2) is 41.2 Å². The van der Waals surface area contributed by atoms with Crippen LogP contribution >= 0.6 is 22.9 Å². The fourth-order valence-electron chi connectivity index (χ4n) is 3.21. The van der Waals surface area contributed by atoms with Gasteiger partial charge in [-0.05, 0) is 47.9 Å². The molecular formula is C21H17ClN4O5S. The lowest BCUT2D eigenvalue weighted by atomic mass is 10.1. The highest BCUT2D eigenvalue weighted by molar-refractivity contribution is 7.15. The summed E-state index contributed by atoms with van der Waals surface area (Å²) < 4.78 is 12.3. The van der Waals surface area contributed by atoms with Gasteiger partial charge in [0.05, 0.1) is 23.7 Å². The van der Waals surface area contributed by atoms with E-state index in [1.54, 1.807) is 26.4 Å². The van der Waals surface area contributed by atoms with Crippen molar-refractivity contribution in [1.29, 1.82) is 0 Å². The van der Waals surface area contributed by atoms with Gasteiger partial charge in [-0.1, -0.05) is 29.0 Å². The summed E-state index contributed by atoms with van der Waals surface area (Å²) in [7, 11) is 3.20. The van der Waals surface area contributed by atoms with E-state index in [0.717, 1.165) is 17.1 Å². The quantitative estimate of drug-likeness (QED) is 0.300. The molecule has 164 valence electrons. The van der Waals surface area contributed by atoms with Gasteiger partial charge in [0.25, 0.3) is 11.2 Å². The Hall–Kier alpha value is -3.50. The van der Waals surface area contributed by atoms with Crippen LogP contribution < -0.4 is 19.6 Å². The Morgan fingerprint density at radius 1 is 1.19 bits per heavy atom. The fourth-order valence-corrected chi connectivity index (χ4v) is 4.33. The molecule has 0 fully saturated rings. The van der Waals surface area contributed by atoms with Crippen molar-refractivity contribution in [3.05, 3.63) is 83.4 Å². The average Bonchev–Trinajstić information content (AvgIpc) is 3.31. The van der Waals surface area contributed by atoms with Crippen LogP contribution in [0.5, 0.6) is 11.5 Å². The molecular weight excluding hydrogens is 456 g/mol. The van der Waals surface area contributed by atoms with Gasteiger partial charge in [0.1, 0.15) is 16.5 Å². The Bertz CT molecular complexity index is 1430. The van der Waals surface area contributed by atoms with E-state index >= 15 is 0 Å². The molecule has 2 aromatic heterocycles. The van der Waals surface area contributed by atoms with E-state index in [-0.39, 0.29) is 16.3 Å². The normalized spacial score (nSPS) is 11.8. The third kappa shape index (κ3) is 4.27. The Labute approximate surface area is 190 Å². The van der Waals surface area contributed by atoms with E-state index in [1.165, 1.54) is 28.0 Å². The number of hydrogen-bond donors (Lipinski definition) is 0. The molecule has 4 aromatic rings. The molecule has 2 aromatic carbocycles. The number of nitro benzene ring substituents is 1. The van der Waals surface area contributed by atoms with Crippen molar-refractivity contribution in [2.45, 2.75) is 12.8 Å². The van der Waals surface area contributed by atoms with Gasteiger partial charge in [-0.2, -0.15) is 4.52 Å². The van der Waals surface area contributed by atoms with Crippen molar-refractivity contribution >= 4 is 39.7 Å². The van der Waals surface area contributed by atoms with Crippen LogP contribution in [-0.4, -0.2) is 33.7 Å². The Morgan fingerprint density at radius 2 is 2.00 bits per heavy atom. The van der Waals surface area contributed by atoms with E-state index < -0.39 is 4.92 Å². The number of rotatable bonds is 7. The number of methoxy groups -OCH3 is 2. The van der Waals surface area contributed by atoms with Crippen LogP contribution in [0.2, 0.25) is 5.02 Å². The van der Waals surface area contributed by atoms with Crippen LogP contribution in [0.25, 0.3) is 11.0 Å². The smallest absolute Gasteiger partial charge is 0.291 e. The van der Waals surface area contributed by atoms with Gasteiger partial charge < -0.3 is 9.47 Å². The van der Waals surface area contributed by atoms with Crippen molar-refractivity contribution in [2.75, 3.05) is 14.2 Å². The molecule has 0 aliphatic heterocycles. The number of aromatic nitrogens is 3. The lowest BCUT2D eigenvalue weighted by Crippen LogP contribution is -2.23. The highest BCUT2D eigenvalue weighted by Gasteiger charge is 2.14. The number of hydrogen-bond acceptors (Lipinski definition) is 8. The first-order chi connectivity index (χ1) is 15.4. The van der Waals surface area contributed by atoms with E-state index in [4.69, 9.17) is 21.1 Å². The monoisotopic (exact) mass is 472 g/mol. The van der Waals surface area contributed by atoms with Gasteiger partial charge in [0.2, 0.25) is 4.96 Å². The molecule has 0 radical (unpaired) electrons. The second kappa shape index (κ2) is 8.93. The zero-order valence-electron chi connectivity index (χ0n) is 17.1. The Morgan fingerprint density at radius 3 is 2.69 bits per heavy atom. The predicted octanol–water partition coefficient (Wildman–Crippen LogP) is 3.06. The third-order valence-corrected chi connectivity index (χ3v) is 6.07. The average molecular weight is 473 g/mol. The Kier molecular flexibility index (Phi) is 6.06. The highest BCUT2D eigenvalue weighted by atomic mass is 35.5. The summed E-state index contributed by atoms with van der Waals surface area (Å²) in [6.45, 7) is 0. The van der Waals surface area contributed by atoms with Crippen LogP contribution in [0.3, 0.4) is 0 Å². The predicted molar refractivity (Wildman–Crippen MR) is 121 cm³/mol. The molecule has 4 rings (SSSR count).